The molecule has 0 fully saturated rings. The first-order chi connectivity index (χ1) is 29.3. The van der Waals surface area contributed by atoms with Gasteiger partial charge in [-0.3, -0.25) is 0 Å². The third kappa shape index (κ3) is 8.53. The molecule has 0 spiro atoms. The molecule has 0 radical (unpaired) electrons. The molecule has 6 aromatic heterocycles. The van der Waals surface area contributed by atoms with Gasteiger partial charge in [0.15, 0.2) is 0 Å². The third-order valence-electron chi connectivity index (χ3n) is 10.7. The first-order valence-corrected chi connectivity index (χ1v) is 21.7. The summed E-state index contributed by atoms with van der Waals surface area (Å²) in [6.07, 6.45) is 8.99. The van der Waals surface area contributed by atoms with Crippen LogP contribution in [0.1, 0.15) is 45.2 Å². The Hall–Kier alpha value is -6.35. The van der Waals surface area contributed by atoms with E-state index >= 15 is 0 Å². The van der Waals surface area contributed by atoms with E-state index in [-0.39, 0.29) is 5.82 Å². The fourth-order valence-corrected chi connectivity index (χ4v) is 9.52. The van der Waals surface area contributed by atoms with Gasteiger partial charge in [-0.05, 0) is 57.6 Å². The molecular weight excluding hydrogens is 790 g/mol. The van der Waals surface area contributed by atoms with Gasteiger partial charge in [-0.15, -0.1) is 22.7 Å². The summed E-state index contributed by atoms with van der Waals surface area (Å²) in [5, 5.41) is 1.72. The smallest absolute Gasteiger partial charge is 0.135 e. The highest BCUT2D eigenvalue weighted by atomic mass is 32.1. The van der Waals surface area contributed by atoms with Gasteiger partial charge >= 0.3 is 0 Å². The molecule has 4 N–H and O–H groups in total. The molecule has 0 aliphatic heterocycles. The van der Waals surface area contributed by atoms with E-state index in [0.29, 0.717) is 29.8 Å². The average molecular weight is 836 g/mol. The normalized spacial score (nSPS) is 11.9. The zero-order chi connectivity index (χ0) is 41.6. The van der Waals surface area contributed by atoms with Gasteiger partial charge in [0, 0.05) is 22.7 Å². The molecule has 0 saturated heterocycles. The van der Waals surface area contributed by atoms with Gasteiger partial charge in [0.25, 0.3) is 0 Å². The van der Waals surface area contributed by atoms with Crippen LogP contribution in [0, 0.1) is 5.82 Å². The van der Waals surface area contributed by atoms with Gasteiger partial charge in [-0.1, -0.05) is 92.7 Å². The average Bonchev–Trinajstić information content (AvgIpc) is 4.09. The van der Waals surface area contributed by atoms with Gasteiger partial charge in [0.05, 0.1) is 62.5 Å². The van der Waals surface area contributed by atoms with Crippen molar-refractivity contribution in [3.63, 3.8) is 0 Å². The lowest BCUT2D eigenvalue weighted by Gasteiger charge is -2.21. The second kappa shape index (κ2) is 18.3. The predicted octanol–water partition coefficient (Wildman–Crippen LogP) is 10.5. The fraction of sp³-hybridized carbons (Fsp3) is 0.217. The molecule has 11 nitrogen and oxygen atoms in total. The van der Waals surface area contributed by atoms with Gasteiger partial charge in [0.1, 0.15) is 39.8 Å². The van der Waals surface area contributed by atoms with Crippen LogP contribution in [-0.4, -0.2) is 63.6 Å². The SMILES string of the molecule is CCN(CC)CCCC(C)n1cnc(-c2ccccc2)c1-c1cc2c(N)ncnc2s1.Nc1ncnc2sc(-c3c(-c4ccccc4)ncn3Cc3ccccc3F)cc12. The Morgan fingerprint density at radius 3 is 1.77 bits per heavy atom. The van der Waals surface area contributed by atoms with Crippen LogP contribution in [-0.2, 0) is 6.54 Å². The molecule has 304 valence electrons. The Kier molecular flexibility index (Phi) is 12.3. The van der Waals surface area contributed by atoms with Crippen LogP contribution < -0.4 is 11.5 Å². The van der Waals surface area contributed by atoms with Crippen molar-refractivity contribution < 1.29 is 4.39 Å². The van der Waals surface area contributed by atoms with Crippen LogP contribution in [0.25, 0.3) is 64.1 Å². The van der Waals surface area contributed by atoms with E-state index in [1.165, 1.54) is 30.1 Å². The summed E-state index contributed by atoms with van der Waals surface area (Å²) in [6, 6.07) is 31.5. The highest BCUT2D eigenvalue weighted by Gasteiger charge is 2.22. The number of halogens is 1. The first-order valence-electron chi connectivity index (χ1n) is 20.0. The maximum Gasteiger partial charge on any atom is 0.135 e. The van der Waals surface area contributed by atoms with Crippen LogP contribution in [0.4, 0.5) is 16.0 Å². The summed E-state index contributed by atoms with van der Waals surface area (Å²) in [7, 11) is 0. The largest absolute Gasteiger partial charge is 0.383 e. The molecule has 1 atom stereocenters. The summed E-state index contributed by atoms with van der Waals surface area (Å²) < 4.78 is 18.6. The molecule has 0 aliphatic carbocycles. The van der Waals surface area contributed by atoms with Crippen LogP contribution in [0.5, 0.6) is 0 Å². The first kappa shape index (κ1) is 40.4. The van der Waals surface area contributed by atoms with E-state index < -0.39 is 0 Å². The van der Waals surface area contributed by atoms with Gasteiger partial charge in [-0.2, -0.15) is 0 Å². The number of nitrogen functional groups attached to an aromatic ring is 2. The topological polar surface area (TPSA) is 142 Å². The fourth-order valence-electron chi connectivity index (χ4n) is 7.39. The number of aromatic nitrogens is 8. The monoisotopic (exact) mass is 835 g/mol. The van der Waals surface area contributed by atoms with Crippen LogP contribution in [0.3, 0.4) is 0 Å². The van der Waals surface area contributed by atoms with Crippen molar-refractivity contribution in [3.05, 3.63) is 134 Å². The molecule has 0 amide bonds. The van der Waals surface area contributed by atoms with Crippen LogP contribution in [0.2, 0.25) is 0 Å². The maximum atomic E-state index is 14.3. The number of anilines is 2. The minimum absolute atomic E-state index is 0.236. The van der Waals surface area contributed by atoms with Gasteiger partial charge in [-0.25, -0.2) is 34.3 Å². The predicted molar refractivity (Wildman–Crippen MR) is 244 cm³/mol. The van der Waals surface area contributed by atoms with Crippen molar-refractivity contribution in [2.45, 2.75) is 46.2 Å². The highest BCUT2D eigenvalue weighted by molar-refractivity contribution is 7.22. The lowest BCUT2D eigenvalue weighted by atomic mass is 10.1. The quantitative estimate of drug-likeness (QED) is 0.116. The summed E-state index contributed by atoms with van der Waals surface area (Å²) >= 11 is 3.17. The Bertz CT molecular complexity index is 2830. The zero-order valence-corrected chi connectivity index (χ0v) is 35.4. The summed E-state index contributed by atoms with van der Waals surface area (Å²) in [5.74, 6) is 0.728. The number of fused-ring (bicyclic) bond motifs is 2. The van der Waals surface area contributed by atoms with Crippen molar-refractivity contribution in [3.8, 4) is 43.7 Å². The van der Waals surface area contributed by atoms with Crippen molar-refractivity contribution >= 4 is 54.7 Å². The number of hydrogen-bond acceptors (Lipinski definition) is 11. The molecule has 14 heteroatoms. The number of nitrogens with zero attached hydrogens (tertiary/aromatic N) is 9. The molecule has 0 bridgehead atoms. The summed E-state index contributed by atoms with van der Waals surface area (Å²) in [4.78, 5) is 32.8. The van der Waals surface area contributed by atoms with Gasteiger partial charge < -0.3 is 25.5 Å². The molecule has 9 aromatic rings. The molecule has 0 saturated carbocycles. The number of nitrogens with two attached hydrogens (primary N) is 2. The second-order valence-corrected chi connectivity index (χ2v) is 16.5. The molecule has 60 heavy (non-hydrogen) atoms. The number of rotatable bonds is 13. The lowest BCUT2D eigenvalue weighted by Crippen LogP contribution is -2.24. The van der Waals surface area contributed by atoms with Crippen molar-refractivity contribution in [1.29, 1.82) is 0 Å². The van der Waals surface area contributed by atoms with Crippen molar-refractivity contribution in [1.82, 2.24) is 43.9 Å². The minimum atomic E-state index is -0.236. The number of thiophene rings is 2. The Labute approximate surface area is 356 Å². The second-order valence-electron chi connectivity index (χ2n) is 14.4. The lowest BCUT2D eigenvalue weighted by molar-refractivity contribution is 0.288. The number of hydrogen-bond donors (Lipinski definition) is 2. The highest BCUT2D eigenvalue weighted by Crippen LogP contribution is 2.41. The summed E-state index contributed by atoms with van der Waals surface area (Å²) in [5.41, 5.74) is 18.7. The van der Waals surface area contributed by atoms with E-state index in [0.717, 1.165) is 96.6 Å². The summed E-state index contributed by atoms with van der Waals surface area (Å²) in [6.45, 7) is 10.4. The molecule has 0 aliphatic rings. The Balaban J connectivity index is 0.000000167. The molecule has 1 unspecified atom stereocenters. The van der Waals surface area contributed by atoms with Crippen LogP contribution in [0.15, 0.2) is 122 Å². The number of benzene rings is 3. The van der Waals surface area contributed by atoms with E-state index in [9.17, 15) is 4.39 Å². The van der Waals surface area contributed by atoms with E-state index in [4.69, 9.17) is 16.5 Å². The molecule has 3 aromatic carbocycles. The van der Waals surface area contributed by atoms with Crippen molar-refractivity contribution in [2.75, 3.05) is 31.1 Å². The van der Waals surface area contributed by atoms with E-state index in [1.54, 1.807) is 29.8 Å². The zero-order valence-electron chi connectivity index (χ0n) is 33.7. The minimum Gasteiger partial charge on any atom is -0.383 e. The van der Waals surface area contributed by atoms with Crippen LogP contribution >= 0.6 is 22.7 Å². The standard InChI is InChI=1S/C24H30N6S.C22H16FN5S/c1-4-29(5-2)13-9-10-17(3)30-16-28-21(18-11-7-6-8-12-18)22(30)20-14-19-23(25)26-15-27-24(19)31-20;23-17-9-5-4-8-15(17)11-28-13-27-19(14-6-2-1-3-7-14)20(28)18-10-16-21(24)25-12-26-22(16)29-18/h6-8,11-12,14-17H,4-5,9-10,13H2,1-3H3,(H2,25,26,27);1-10,12-13H,11H2,(H2,24,25,26). The molecular formula is C46H46FN11S2. The maximum absolute atomic E-state index is 14.3. The number of imidazole rings is 2. The Morgan fingerprint density at radius 2 is 1.20 bits per heavy atom. The third-order valence-corrected chi connectivity index (χ3v) is 12.8. The van der Waals surface area contributed by atoms with E-state index in [1.807, 2.05) is 59.4 Å². The molecule has 9 rings (SSSR count). The molecule has 6 heterocycles. The van der Waals surface area contributed by atoms with Crippen molar-refractivity contribution in [2.24, 2.45) is 0 Å². The Morgan fingerprint density at radius 1 is 0.667 bits per heavy atom. The van der Waals surface area contributed by atoms with E-state index in [2.05, 4.69) is 85.5 Å². The van der Waals surface area contributed by atoms with Gasteiger partial charge in [0.2, 0.25) is 0 Å².